The largest absolute Gasteiger partial charge is 0.394 e. The highest BCUT2D eigenvalue weighted by atomic mass is 16.3. The fourth-order valence-corrected chi connectivity index (χ4v) is 3.44. The van der Waals surface area contributed by atoms with E-state index in [1.54, 1.807) is 0 Å². The van der Waals surface area contributed by atoms with Gasteiger partial charge in [-0.3, -0.25) is 0 Å². The second-order valence-corrected chi connectivity index (χ2v) is 7.36. The van der Waals surface area contributed by atoms with Crippen LogP contribution in [0.2, 0.25) is 0 Å². The molecule has 2 rings (SSSR count). The minimum Gasteiger partial charge on any atom is -0.394 e. The highest BCUT2D eigenvalue weighted by Crippen LogP contribution is 2.27. The summed E-state index contributed by atoms with van der Waals surface area (Å²) in [7, 11) is 0. The molecule has 3 nitrogen and oxygen atoms in total. The minimum absolute atomic E-state index is 0.0180. The summed E-state index contributed by atoms with van der Waals surface area (Å²) in [4.78, 5) is 2.62. The topological polar surface area (TPSA) is 35.5 Å². The minimum atomic E-state index is -0.0180. The molecule has 3 heteroatoms. The first kappa shape index (κ1) is 16.3. The molecular weight excluding hydrogens is 248 g/mol. The van der Waals surface area contributed by atoms with Crippen LogP contribution in [0.1, 0.15) is 59.3 Å². The molecule has 1 saturated carbocycles. The molecule has 0 spiro atoms. The van der Waals surface area contributed by atoms with Crippen molar-refractivity contribution >= 4 is 0 Å². The van der Waals surface area contributed by atoms with Crippen molar-refractivity contribution in [3.63, 3.8) is 0 Å². The van der Waals surface area contributed by atoms with Gasteiger partial charge in [-0.1, -0.05) is 20.8 Å². The Morgan fingerprint density at radius 1 is 1.20 bits per heavy atom. The standard InChI is InChI=1S/C17H34N2O/c1-4-17(13-20,18-16-6-7-16)9-5-10-19-11-8-14(2)15(3)12-19/h14-16,18,20H,4-13H2,1-3H3. The van der Waals surface area contributed by atoms with Gasteiger partial charge in [0.15, 0.2) is 0 Å². The number of aliphatic hydroxyl groups is 1. The van der Waals surface area contributed by atoms with E-state index in [0.29, 0.717) is 6.04 Å². The number of hydrogen-bond donors (Lipinski definition) is 2. The highest BCUT2D eigenvalue weighted by molar-refractivity contribution is 4.94. The number of likely N-dealkylation sites (tertiary alicyclic amines) is 1. The number of aliphatic hydroxyl groups excluding tert-OH is 1. The Balaban J connectivity index is 1.72. The molecule has 20 heavy (non-hydrogen) atoms. The van der Waals surface area contributed by atoms with Crippen LogP contribution in [0.4, 0.5) is 0 Å². The lowest BCUT2D eigenvalue weighted by Gasteiger charge is -2.37. The summed E-state index contributed by atoms with van der Waals surface area (Å²) in [6.07, 6.45) is 7.28. The van der Waals surface area contributed by atoms with Crippen molar-refractivity contribution in [3.8, 4) is 0 Å². The van der Waals surface area contributed by atoms with Crippen molar-refractivity contribution in [2.75, 3.05) is 26.2 Å². The van der Waals surface area contributed by atoms with E-state index in [1.807, 2.05) is 0 Å². The molecule has 118 valence electrons. The Bertz CT molecular complexity index is 287. The summed E-state index contributed by atoms with van der Waals surface area (Å²) in [6, 6.07) is 0.679. The molecule has 0 aromatic rings. The van der Waals surface area contributed by atoms with Crippen LogP contribution in [0, 0.1) is 11.8 Å². The first-order valence-corrected chi connectivity index (χ1v) is 8.69. The molecule has 0 aromatic heterocycles. The average molecular weight is 282 g/mol. The fourth-order valence-electron chi connectivity index (χ4n) is 3.44. The molecule has 1 aliphatic carbocycles. The summed E-state index contributed by atoms with van der Waals surface area (Å²) in [6.45, 7) is 11.0. The summed E-state index contributed by atoms with van der Waals surface area (Å²) in [5.74, 6) is 1.72. The second kappa shape index (κ2) is 7.24. The van der Waals surface area contributed by atoms with Crippen molar-refractivity contribution in [1.82, 2.24) is 10.2 Å². The Hall–Kier alpha value is -0.120. The van der Waals surface area contributed by atoms with Crippen molar-refractivity contribution < 1.29 is 5.11 Å². The third-order valence-electron chi connectivity index (χ3n) is 5.62. The number of nitrogens with one attached hydrogen (secondary N) is 1. The average Bonchev–Trinajstić information content (AvgIpc) is 3.25. The molecule has 0 amide bonds. The molecule has 1 saturated heterocycles. The predicted octanol–water partition coefficient (Wildman–Crippen LogP) is 2.64. The first-order chi connectivity index (χ1) is 9.58. The molecular formula is C17H34N2O. The van der Waals surface area contributed by atoms with E-state index in [0.717, 1.165) is 24.7 Å². The zero-order chi connectivity index (χ0) is 14.6. The van der Waals surface area contributed by atoms with E-state index < -0.39 is 0 Å². The summed E-state index contributed by atoms with van der Waals surface area (Å²) in [5.41, 5.74) is -0.0180. The molecule has 2 N–H and O–H groups in total. The van der Waals surface area contributed by atoms with Gasteiger partial charge >= 0.3 is 0 Å². The Labute approximate surface area is 125 Å². The van der Waals surface area contributed by atoms with Gasteiger partial charge in [0, 0.05) is 18.1 Å². The monoisotopic (exact) mass is 282 g/mol. The molecule has 2 fully saturated rings. The van der Waals surface area contributed by atoms with Crippen molar-refractivity contribution in [3.05, 3.63) is 0 Å². The van der Waals surface area contributed by atoms with E-state index in [2.05, 4.69) is 31.0 Å². The molecule has 0 aromatic carbocycles. The molecule has 3 unspecified atom stereocenters. The molecule has 0 radical (unpaired) electrons. The Morgan fingerprint density at radius 2 is 1.95 bits per heavy atom. The molecule has 3 atom stereocenters. The highest BCUT2D eigenvalue weighted by Gasteiger charge is 2.34. The van der Waals surface area contributed by atoms with Crippen LogP contribution in [0.15, 0.2) is 0 Å². The van der Waals surface area contributed by atoms with Crippen LogP contribution in [0.25, 0.3) is 0 Å². The Morgan fingerprint density at radius 3 is 2.50 bits per heavy atom. The van der Waals surface area contributed by atoms with E-state index in [9.17, 15) is 5.11 Å². The number of piperidine rings is 1. The van der Waals surface area contributed by atoms with Crippen LogP contribution in [-0.2, 0) is 0 Å². The number of rotatable bonds is 8. The van der Waals surface area contributed by atoms with Crippen molar-refractivity contribution in [2.24, 2.45) is 11.8 Å². The van der Waals surface area contributed by atoms with Crippen LogP contribution in [0.5, 0.6) is 0 Å². The first-order valence-electron chi connectivity index (χ1n) is 8.69. The van der Waals surface area contributed by atoms with Crippen molar-refractivity contribution in [2.45, 2.75) is 70.9 Å². The number of nitrogens with zero attached hydrogens (tertiary/aromatic N) is 1. The van der Waals surface area contributed by atoms with Gasteiger partial charge in [-0.15, -0.1) is 0 Å². The SMILES string of the molecule is CCC(CO)(CCCN1CCC(C)C(C)C1)NC1CC1. The Kier molecular flexibility index (Phi) is 5.88. The summed E-state index contributed by atoms with van der Waals surface area (Å²) in [5, 5.41) is 13.5. The molecule has 1 aliphatic heterocycles. The van der Waals surface area contributed by atoms with Crippen LogP contribution < -0.4 is 5.32 Å². The van der Waals surface area contributed by atoms with Gasteiger partial charge in [0.2, 0.25) is 0 Å². The fraction of sp³-hybridized carbons (Fsp3) is 1.00. The van der Waals surface area contributed by atoms with Gasteiger partial charge in [-0.25, -0.2) is 0 Å². The molecule has 1 heterocycles. The summed E-state index contributed by atoms with van der Waals surface area (Å²) < 4.78 is 0. The maximum atomic E-state index is 9.79. The van der Waals surface area contributed by atoms with Gasteiger partial charge in [-0.05, 0) is 63.5 Å². The van der Waals surface area contributed by atoms with Gasteiger partial charge in [0.25, 0.3) is 0 Å². The van der Waals surface area contributed by atoms with Crippen LogP contribution >= 0.6 is 0 Å². The van der Waals surface area contributed by atoms with E-state index >= 15 is 0 Å². The maximum absolute atomic E-state index is 9.79. The van der Waals surface area contributed by atoms with Crippen molar-refractivity contribution in [1.29, 1.82) is 0 Å². The summed E-state index contributed by atoms with van der Waals surface area (Å²) >= 11 is 0. The normalized spacial score (nSPS) is 31.2. The quantitative estimate of drug-likeness (QED) is 0.718. The lowest BCUT2D eigenvalue weighted by Crippen LogP contribution is -2.49. The zero-order valence-corrected chi connectivity index (χ0v) is 13.7. The van der Waals surface area contributed by atoms with E-state index in [4.69, 9.17) is 0 Å². The van der Waals surface area contributed by atoms with E-state index in [1.165, 1.54) is 45.3 Å². The smallest absolute Gasteiger partial charge is 0.0613 e. The van der Waals surface area contributed by atoms with Gasteiger partial charge in [0.1, 0.15) is 0 Å². The second-order valence-electron chi connectivity index (χ2n) is 7.36. The third kappa shape index (κ3) is 4.44. The van der Waals surface area contributed by atoms with Crippen LogP contribution in [-0.4, -0.2) is 47.8 Å². The number of hydrogen-bond acceptors (Lipinski definition) is 3. The lowest BCUT2D eigenvalue weighted by molar-refractivity contribution is 0.115. The molecule has 2 aliphatic rings. The van der Waals surface area contributed by atoms with E-state index in [-0.39, 0.29) is 12.1 Å². The zero-order valence-electron chi connectivity index (χ0n) is 13.7. The molecule has 0 bridgehead atoms. The lowest BCUT2D eigenvalue weighted by atomic mass is 9.87. The predicted molar refractivity (Wildman–Crippen MR) is 84.9 cm³/mol. The maximum Gasteiger partial charge on any atom is 0.0613 e. The van der Waals surface area contributed by atoms with Gasteiger partial charge < -0.3 is 15.3 Å². The van der Waals surface area contributed by atoms with Crippen LogP contribution in [0.3, 0.4) is 0 Å². The van der Waals surface area contributed by atoms with Gasteiger partial charge in [-0.2, -0.15) is 0 Å². The van der Waals surface area contributed by atoms with Gasteiger partial charge in [0.05, 0.1) is 6.61 Å². The third-order valence-corrected chi connectivity index (χ3v) is 5.62.